The lowest BCUT2D eigenvalue weighted by molar-refractivity contribution is -0.0203. The molecule has 0 saturated heterocycles. The number of rotatable bonds is 3. The maximum absolute atomic E-state index is 9.48. The lowest BCUT2D eigenvalue weighted by Crippen LogP contribution is -2.57. The Balaban J connectivity index is 1.45. The first-order valence-corrected chi connectivity index (χ1v) is 8.20. The fourth-order valence-electron chi connectivity index (χ4n) is 5.92. The Kier molecular flexibility index (Phi) is 2.92. The fourth-order valence-corrected chi connectivity index (χ4v) is 5.92. The molecule has 0 amide bonds. The van der Waals surface area contributed by atoms with E-state index in [9.17, 15) is 5.11 Å². The van der Waals surface area contributed by atoms with E-state index in [4.69, 9.17) is 0 Å². The SMILES string of the molecule is OCC1CCCC1NC1C2CC3CC(C2)CC1C3. The average molecular weight is 249 g/mol. The zero-order valence-electron chi connectivity index (χ0n) is 11.4. The van der Waals surface area contributed by atoms with E-state index in [0.717, 1.165) is 29.7 Å². The maximum Gasteiger partial charge on any atom is 0.0474 e. The Bertz CT molecular complexity index is 288. The molecule has 2 atom stereocenters. The summed E-state index contributed by atoms with van der Waals surface area (Å²) in [6.07, 6.45) is 11.4. The Morgan fingerprint density at radius 2 is 1.56 bits per heavy atom. The number of aliphatic hydroxyl groups excluding tert-OH is 1. The summed E-state index contributed by atoms with van der Waals surface area (Å²) in [4.78, 5) is 0. The van der Waals surface area contributed by atoms with Crippen LogP contribution < -0.4 is 5.32 Å². The third-order valence-corrected chi connectivity index (χ3v) is 6.53. The highest BCUT2D eigenvalue weighted by Gasteiger charge is 2.48. The van der Waals surface area contributed by atoms with Gasteiger partial charge in [0.15, 0.2) is 0 Å². The zero-order chi connectivity index (χ0) is 12.1. The van der Waals surface area contributed by atoms with Gasteiger partial charge in [-0.3, -0.25) is 0 Å². The van der Waals surface area contributed by atoms with Crippen LogP contribution in [-0.2, 0) is 0 Å². The van der Waals surface area contributed by atoms with E-state index in [-0.39, 0.29) is 0 Å². The third-order valence-electron chi connectivity index (χ3n) is 6.53. The molecule has 5 saturated carbocycles. The van der Waals surface area contributed by atoms with Crippen LogP contribution in [0.4, 0.5) is 0 Å². The number of hydrogen-bond acceptors (Lipinski definition) is 2. The molecule has 2 unspecified atom stereocenters. The molecule has 5 rings (SSSR count). The topological polar surface area (TPSA) is 32.3 Å². The third kappa shape index (κ3) is 1.84. The Morgan fingerprint density at radius 1 is 0.889 bits per heavy atom. The number of aliphatic hydroxyl groups is 1. The van der Waals surface area contributed by atoms with Crippen LogP contribution in [0, 0.1) is 29.6 Å². The van der Waals surface area contributed by atoms with Crippen LogP contribution in [0.25, 0.3) is 0 Å². The van der Waals surface area contributed by atoms with Gasteiger partial charge in [0.2, 0.25) is 0 Å². The molecule has 5 fully saturated rings. The molecule has 102 valence electrons. The van der Waals surface area contributed by atoms with Crippen molar-refractivity contribution < 1.29 is 5.11 Å². The first kappa shape index (κ1) is 11.7. The summed E-state index contributed by atoms with van der Waals surface area (Å²) >= 11 is 0. The highest BCUT2D eigenvalue weighted by atomic mass is 16.3. The van der Waals surface area contributed by atoms with Gasteiger partial charge < -0.3 is 10.4 Å². The second-order valence-electron chi connectivity index (χ2n) is 7.60. The molecule has 5 aliphatic carbocycles. The molecule has 0 heterocycles. The normalized spacial score (nSPS) is 54.2. The van der Waals surface area contributed by atoms with Crippen molar-refractivity contribution in [3.8, 4) is 0 Å². The van der Waals surface area contributed by atoms with Crippen LogP contribution in [0.3, 0.4) is 0 Å². The van der Waals surface area contributed by atoms with Crippen LogP contribution in [0.1, 0.15) is 51.4 Å². The predicted octanol–water partition coefficient (Wildman–Crippen LogP) is 2.56. The summed E-state index contributed by atoms with van der Waals surface area (Å²) in [5.74, 6) is 4.63. The van der Waals surface area contributed by atoms with Gasteiger partial charge in [-0.05, 0) is 74.5 Å². The van der Waals surface area contributed by atoms with Crippen LogP contribution >= 0.6 is 0 Å². The van der Waals surface area contributed by atoms with Crippen molar-refractivity contribution in [1.29, 1.82) is 0 Å². The molecular formula is C16H27NO. The van der Waals surface area contributed by atoms with Crippen molar-refractivity contribution in [2.45, 2.75) is 63.5 Å². The minimum absolute atomic E-state index is 0.394. The summed E-state index contributed by atoms with van der Waals surface area (Å²) in [7, 11) is 0. The van der Waals surface area contributed by atoms with Gasteiger partial charge in [-0.2, -0.15) is 0 Å². The summed E-state index contributed by atoms with van der Waals surface area (Å²) in [5, 5.41) is 13.5. The Labute approximate surface area is 111 Å². The molecule has 0 aromatic heterocycles. The number of nitrogens with one attached hydrogen (secondary N) is 1. The van der Waals surface area contributed by atoms with Crippen molar-refractivity contribution in [1.82, 2.24) is 5.32 Å². The lowest BCUT2D eigenvalue weighted by atomic mass is 9.54. The molecule has 0 radical (unpaired) electrons. The standard InChI is InChI=1S/C16H27NO/c18-9-12-2-1-3-15(12)17-16-13-5-10-4-11(7-13)8-14(16)6-10/h10-18H,1-9H2. The minimum atomic E-state index is 0.394. The van der Waals surface area contributed by atoms with E-state index in [1.54, 1.807) is 6.42 Å². The van der Waals surface area contributed by atoms with Crippen molar-refractivity contribution in [2.75, 3.05) is 6.61 Å². The monoisotopic (exact) mass is 249 g/mol. The molecule has 0 aromatic carbocycles. The quantitative estimate of drug-likeness (QED) is 0.805. The molecule has 4 bridgehead atoms. The zero-order valence-corrected chi connectivity index (χ0v) is 11.4. The van der Waals surface area contributed by atoms with E-state index in [1.807, 2.05) is 0 Å². The summed E-state index contributed by atoms with van der Waals surface area (Å²) in [6, 6.07) is 1.42. The van der Waals surface area contributed by atoms with Crippen molar-refractivity contribution in [2.24, 2.45) is 29.6 Å². The van der Waals surface area contributed by atoms with Gasteiger partial charge >= 0.3 is 0 Å². The van der Waals surface area contributed by atoms with Crippen LogP contribution in [-0.4, -0.2) is 23.8 Å². The largest absolute Gasteiger partial charge is 0.396 e. The maximum atomic E-state index is 9.48. The van der Waals surface area contributed by atoms with Gasteiger partial charge in [-0.15, -0.1) is 0 Å². The van der Waals surface area contributed by atoms with Crippen molar-refractivity contribution in [3.05, 3.63) is 0 Å². The van der Waals surface area contributed by atoms with Crippen LogP contribution in [0.2, 0.25) is 0 Å². The highest BCUT2D eigenvalue weighted by molar-refractivity contribution is 5.02. The van der Waals surface area contributed by atoms with Gasteiger partial charge in [0.1, 0.15) is 0 Å². The highest BCUT2D eigenvalue weighted by Crippen LogP contribution is 2.54. The molecule has 2 heteroatoms. The van der Waals surface area contributed by atoms with Crippen LogP contribution in [0.5, 0.6) is 0 Å². The molecule has 0 spiro atoms. The van der Waals surface area contributed by atoms with E-state index < -0.39 is 0 Å². The summed E-state index contributed by atoms with van der Waals surface area (Å²) in [6.45, 7) is 0.394. The van der Waals surface area contributed by atoms with Gasteiger partial charge in [-0.25, -0.2) is 0 Å². The average Bonchev–Trinajstić information content (AvgIpc) is 2.80. The first-order chi connectivity index (χ1) is 8.83. The Morgan fingerprint density at radius 3 is 2.17 bits per heavy atom. The van der Waals surface area contributed by atoms with Gasteiger partial charge in [-0.1, -0.05) is 6.42 Å². The Hall–Kier alpha value is -0.0800. The van der Waals surface area contributed by atoms with Gasteiger partial charge in [0.25, 0.3) is 0 Å². The molecule has 0 aromatic rings. The van der Waals surface area contributed by atoms with E-state index in [1.165, 1.54) is 44.9 Å². The first-order valence-electron chi connectivity index (χ1n) is 8.20. The second kappa shape index (κ2) is 4.49. The second-order valence-corrected chi connectivity index (χ2v) is 7.60. The summed E-state index contributed by atoms with van der Waals surface area (Å²) < 4.78 is 0. The number of hydrogen-bond donors (Lipinski definition) is 2. The smallest absolute Gasteiger partial charge is 0.0474 e. The molecule has 5 aliphatic rings. The molecule has 2 N–H and O–H groups in total. The summed E-state index contributed by atoms with van der Waals surface area (Å²) in [5.41, 5.74) is 0. The lowest BCUT2D eigenvalue weighted by Gasteiger charge is -2.55. The van der Waals surface area contributed by atoms with Crippen molar-refractivity contribution >= 4 is 0 Å². The van der Waals surface area contributed by atoms with Gasteiger partial charge in [0.05, 0.1) is 0 Å². The molecule has 0 aliphatic heterocycles. The van der Waals surface area contributed by atoms with E-state index in [0.29, 0.717) is 18.6 Å². The fraction of sp³-hybridized carbons (Fsp3) is 1.00. The molecule has 2 nitrogen and oxygen atoms in total. The van der Waals surface area contributed by atoms with Gasteiger partial charge in [0, 0.05) is 18.7 Å². The van der Waals surface area contributed by atoms with E-state index in [2.05, 4.69) is 5.32 Å². The van der Waals surface area contributed by atoms with E-state index >= 15 is 0 Å². The molecule has 18 heavy (non-hydrogen) atoms. The minimum Gasteiger partial charge on any atom is -0.396 e. The molecular weight excluding hydrogens is 222 g/mol. The van der Waals surface area contributed by atoms with Crippen LogP contribution in [0.15, 0.2) is 0 Å². The van der Waals surface area contributed by atoms with Crippen molar-refractivity contribution in [3.63, 3.8) is 0 Å². The predicted molar refractivity (Wildman–Crippen MR) is 72.2 cm³/mol.